The molecule has 41 heavy (non-hydrogen) atoms. The molecular formula is C30H27BrN6O4. The molecule has 10 nitrogen and oxygen atoms in total. The van der Waals surface area contributed by atoms with Crippen molar-refractivity contribution < 1.29 is 19.1 Å². The van der Waals surface area contributed by atoms with Crippen molar-refractivity contribution in [1.29, 1.82) is 0 Å². The van der Waals surface area contributed by atoms with E-state index in [4.69, 9.17) is 9.84 Å². The number of aryl methyl sites for hydroxylation is 2. The first-order valence-electron chi connectivity index (χ1n) is 13.2. The van der Waals surface area contributed by atoms with E-state index >= 15 is 0 Å². The number of rotatable bonds is 6. The van der Waals surface area contributed by atoms with Crippen LogP contribution in [0.5, 0.6) is 5.75 Å². The third-order valence-electron chi connectivity index (χ3n) is 7.58. The van der Waals surface area contributed by atoms with Gasteiger partial charge in [0.05, 0.1) is 24.6 Å². The molecule has 1 saturated heterocycles. The van der Waals surface area contributed by atoms with E-state index in [-0.39, 0.29) is 18.5 Å². The van der Waals surface area contributed by atoms with Crippen molar-refractivity contribution in [2.75, 3.05) is 18.6 Å². The molecule has 3 aliphatic heterocycles. The predicted octanol–water partition coefficient (Wildman–Crippen LogP) is 4.75. The average molecular weight is 615 g/mol. The topological polar surface area (TPSA) is 107 Å². The van der Waals surface area contributed by atoms with Crippen LogP contribution in [0, 0.1) is 13.8 Å². The first kappa shape index (κ1) is 26.8. The fourth-order valence-corrected chi connectivity index (χ4v) is 5.95. The third-order valence-corrected chi connectivity index (χ3v) is 8.07. The highest BCUT2D eigenvalue weighted by Gasteiger charge is 2.55. The van der Waals surface area contributed by atoms with Crippen molar-refractivity contribution in [3.8, 4) is 5.75 Å². The van der Waals surface area contributed by atoms with Crippen LogP contribution in [0.25, 0.3) is 0 Å². The summed E-state index contributed by atoms with van der Waals surface area (Å²) in [5, 5.41) is 15.7. The van der Waals surface area contributed by atoms with Gasteiger partial charge in [-0.1, -0.05) is 63.1 Å². The quantitative estimate of drug-likeness (QED) is 0.373. The van der Waals surface area contributed by atoms with Crippen molar-refractivity contribution >= 4 is 45.1 Å². The summed E-state index contributed by atoms with van der Waals surface area (Å²) in [7, 11) is 1.60. The van der Waals surface area contributed by atoms with E-state index in [1.807, 2.05) is 56.3 Å². The van der Waals surface area contributed by atoms with E-state index in [0.717, 1.165) is 37.3 Å². The highest BCUT2D eigenvalue weighted by atomic mass is 79.9. The van der Waals surface area contributed by atoms with Gasteiger partial charge in [0.15, 0.2) is 12.1 Å². The van der Waals surface area contributed by atoms with Gasteiger partial charge in [0.1, 0.15) is 12.3 Å². The Morgan fingerprint density at radius 2 is 1.80 bits per heavy atom. The first-order valence-corrected chi connectivity index (χ1v) is 14.0. The molecule has 0 N–H and O–H groups in total. The third kappa shape index (κ3) is 4.80. The smallest absolute Gasteiger partial charge is 0.264 e. The van der Waals surface area contributed by atoms with Gasteiger partial charge in [-0.2, -0.15) is 10.2 Å². The Kier molecular flexibility index (Phi) is 6.90. The standard InChI is InChI=1S/C30H27BrN6O4/c1-17-7-12-23(18(2)13-17)24-15-25(19-8-10-22(41-3)11-9-19)37(33-24)26(38)16-35-28-27(32-34-35)29(39)36(30(28)40)21-6-4-5-20(31)14-21/h4-14,25,27-28H,15-16H2,1-3H3. The number of hydrogen-bond acceptors (Lipinski definition) is 8. The molecule has 11 heteroatoms. The molecule has 3 aromatic rings. The lowest BCUT2D eigenvalue weighted by Crippen LogP contribution is -2.44. The average Bonchev–Trinajstić information content (AvgIpc) is 3.64. The Balaban J connectivity index is 1.28. The summed E-state index contributed by atoms with van der Waals surface area (Å²) in [5.74, 6) is -0.581. The van der Waals surface area contributed by atoms with Crippen LogP contribution in [0.4, 0.5) is 5.69 Å². The summed E-state index contributed by atoms with van der Waals surface area (Å²) >= 11 is 3.38. The maximum absolute atomic E-state index is 13.8. The number of methoxy groups -OCH3 is 1. The normalized spacial score (nSPS) is 21.5. The Morgan fingerprint density at radius 1 is 1.02 bits per heavy atom. The molecule has 0 aliphatic carbocycles. The summed E-state index contributed by atoms with van der Waals surface area (Å²) in [6.45, 7) is 3.81. The number of nitrogens with zero attached hydrogens (tertiary/aromatic N) is 6. The van der Waals surface area contributed by atoms with E-state index in [9.17, 15) is 14.4 Å². The van der Waals surface area contributed by atoms with Crippen molar-refractivity contribution in [3.05, 3.63) is 93.5 Å². The van der Waals surface area contributed by atoms with Crippen LogP contribution in [0.15, 0.2) is 86.6 Å². The predicted molar refractivity (Wildman–Crippen MR) is 155 cm³/mol. The van der Waals surface area contributed by atoms with Crippen molar-refractivity contribution in [1.82, 2.24) is 10.0 Å². The Hall–Kier alpha value is -4.38. The molecule has 208 valence electrons. The molecule has 3 unspecified atom stereocenters. The number of imide groups is 1. The number of amides is 3. The Labute approximate surface area is 245 Å². The molecule has 3 aliphatic rings. The zero-order chi connectivity index (χ0) is 28.8. The highest BCUT2D eigenvalue weighted by molar-refractivity contribution is 9.10. The van der Waals surface area contributed by atoms with Crippen molar-refractivity contribution in [2.24, 2.45) is 15.4 Å². The molecule has 3 heterocycles. The number of anilines is 1. The molecule has 0 aromatic heterocycles. The van der Waals surface area contributed by atoms with Crippen LogP contribution in [-0.2, 0) is 14.4 Å². The summed E-state index contributed by atoms with van der Waals surface area (Å²) in [6.07, 6.45) is 0.517. The Bertz CT molecular complexity index is 1620. The molecule has 0 radical (unpaired) electrons. The monoisotopic (exact) mass is 614 g/mol. The lowest BCUT2D eigenvalue weighted by molar-refractivity contribution is -0.135. The molecule has 0 spiro atoms. The number of carbonyl (C=O) groups excluding carboxylic acids is 3. The van der Waals surface area contributed by atoms with Crippen LogP contribution in [0.2, 0.25) is 0 Å². The summed E-state index contributed by atoms with van der Waals surface area (Å²) < 4.78 is 6.05. The second-order valence-electron chi connectivity index (χ2n) is 10.3. The molecule has 0 bridgehead atoms. The minimum atomic E-state index is -1.00. The minimum Gasteiger partial charge on any atom is -0.497 e. The van der Waals surface area contributed by atoms with Gasteiger partial charge in [-0.3, -0.25) is 19.4 Å². The lowest BCUT2D eigenvalue weighted by atomic mass is 9.95. The number of hydrazone groups is 1. The second kappa shape index (κ2) is 10.5. The molecule has 3 atom stereocenters. The Morgan fingerprint density at radius 3 is 2.51 bits per heavy atom. The number of ether oxygens (including phenoxy) is 1. The van der Waals surface area contributed by atoms with Crippen LogP contribution >= 0.6 is 15.9 Å². The van der Waals surface area contributed by atoms with Gasteiger partial charge in [0.25, 0.3) is 17.7 Å². The van der Waals surface area contributed by atoms with Gasteiger partial charge in [0.2, 0.25) is 0 Å². The van der Waals surface area contributed by atoms with Crippen molar-refractivity contribution in [3.63, 3.8) is 0 Å². The lowest BCUT2D eigenvalue weighted by Gasteiger charge is -2.25. The van der Waals surface area contributed by atoms with Crippen LogP contribution in [0.1, 0.15) is 34.7 Å². The molecule has 3 amide bonds. The molecule has 0 saturated carbocycles. The van der Waals surface area contributed by atoms with Gasteiger partial charge in [-0.05, 0) is 55.3 Å². The number of carbonyl (C=O) groups is 3. The second-order valence-corrected chi connectivity index (χ2v) is 11.2. The molecule has 1 fully saturated rings. The van der Waals surface area contributed by atoms with E-state index in [1.54, 1.807) is 25.3 Å². The fraction of sp³-hybridized carbons (Fsp3) is 0.267. The summed E-state index contributed by atoms with van der Waals surface area (Å²) in [6, 6.07) is 18.3. The fourth-order valence-electron chi connectivity index (χ4n) is 5.56. The van der Waals surface area contributed by atoms with E-state index in [0.29, 0.717) is 17.9 Å². The molecule has 6 rings (SSSR count). The number of halogens is 1. The maximum atomic E-state index is 13.8. The molecule has 3 aromatic carbocycles. The molecular weight excluding hydrogens is 588 g/mol. The number of fused-ring (bicyclic) bond motifs is 1. The zero-order valence-electron chi connectivity index (χ0n) is 22.7. The van der Waals surface area contributed by atoms with E-state index < -0.39 is 23.9 Å². The first-order chi connectivity index (χ1) is 19.7. The minimum absolute atomic E-state index is 0.258. The highest BCUT2D eigenvalue weighted by Crippen LogP contribution is 2.36. The summed E-state index contributed by atoms with van der Waals surface area (Å²) in [4.78, 5) is 41.5. The zero-order valence-corrected chi connectivity index (χ0v) is 24.3. The summed E-state index contributed by atoms with van der Waals surface area (Å²) in [5.41, 5.74) is 5.33. The van der Waals surface area contributed by atoms with Crippen molar-refractivity contribution in [2.45, 2.75) is 38.4 Å². The van der Waals surface area contributed by atoms with Crippen LogP contribution < -0.4 is 9.64 Å². The maximum Gasteiger partial charge on any atom is 0.264 e. The van der Waals surface area contributed by atoms with Gasteiger partial charge in [-0.25, -0.2) is 9.91 Å². The van der Waals surface area contributed by atoms with Gasteiger partial charge in [0, 0.05) is 16.5 Å². The van der Waals surface area contributed by atoms with E-state index in [1.165, 1.54) is 10.0 Å². The van der Waals surface area contributed by atoms with Gasteiger partial charge >= 0.3 is 0 Å². The number of benzene rings is 3. The SMILES string of the molecule is COc1ccc(C2CC(c3ccc(C)cc3C)=NN2C(=O)CN2N=NC3C(=O)N(c4cccc(Br)c4)C(=O)C32)cc1. The number of hydrogen-bond donors (Lipinski definition) is 0. The largest absolute Gasteiger partial charge is 0.497 e. The van der Waals surface area contributed by atoms with E-state index in [2.05, 4.69) is 32.3 Å². The van der Waals surface area contributed by atoms with Crippen LogP contribution in [0.3, 0.4) is 0 Å². The van der Waals surface area contributed by atoms with Crippen LogP contribution in [-0.4, -0.2) is 59.2 Å². The van der Waals surface area contributed by atoms with Gasteiger partial charge in [-0.15, -0.1) is 0 Å². The van der Waals surface area contributed by atoms with Gasteiger partial charge < -0.3 is 4.74 Å².